The van der Waals surface area contributed by atoms with Gasteiger partial charge < -0.3 is 9.64 Å². The summed E-state index contributed by atoms with van der Waals surface area (Å²) in [4.78, 5) is 13.9. The molecule has 1 heterocycles. The molecular weight excluding hydrogens is 313 g/mol. The number of ether oxygens (including phenoxy) is 1. The number of alkyl halides is 1. The number of carbonyl (C=O) groups is 1. The van der Waals surface area contributed by atoms with Crippen LogP contribution in [0.4, 0.5) is 4.39 Å². The zero-order chi connectivity index (χ0) is 13.4. The molecule has 0 radical (unpaired) electrons. The zero-order valence-corrected chi connectivity index (χ0v) is 12.0. The number of hydrogen-bond donors (Lipinski definition) is 0. The molecule has 3 rings (SSSR count). The maximum absolute atomic E-state index is 13.3. The average molecular weight is 328 g/mol. The molecule has 0 saturated heterocycles. The van der Waals surface area contributed by atoms with Crippen molar-refractivity contribution >= 4 is 21.8 Å². The Kier molecular flexibility index (Phi) is 3.48. The van der Waals surface area contributed by atoms with Crippen molar-refractivity contribution in [2.24, 2.45) is 5.92 Å². The molecule has 1 atom stereocenters. The Bertz CT molecular complexity index is 504. The molecule has 19 heavy (non-hydrogen) atoms. The first kappa shape index (κ1) is 12.9. The summed E-state index contributed by atoms with van der Waals surface area (Å²) in [7, 11) is 0. The van der Waals surface area contributed by atoms with E-state index in [1.165, 1.54) is 12.1 Å². The molecule has 0 unspecified atom stereocenters. The van der Waals surface area contributed by atoms with Gasteiger partial charge in [0.2, 0.25) is 5.91 Å². The monoisotopic (exact) mass is 327 g/mol. The molecule has 2 aliphatic rings. The molecule has 0 bridgehead atoms. The van der Waals surface area contributed by atoms with Gasteiger partial charge in [0.25, 0.3) is 0 Å². The molecule has 0 aromatic heterocycles. The van der Waals surface area contributed by atoms with E-state index in [1.54, 1.807) is 6.07 Å². The van der Waals surface area contributed by atoms with Crippen LogP contribution in [0.2, 0.25) is 0 Å². The van der Waals surface area contributed by atoms with Crippen LogP contribution in [0.5, 0.6) is 5.75 Å². The number of benzene rings is 1. The van der Waals surface area contributed by atoms with Gasteiger partial charge in [-0.05, 0) is 37.0 Å². The molecule has 1 aromatic rings. The number of amides is 1. The lowest BCUT2D eigenvalue weighted by molar-refractivity contribution is -0.132. The van der Waals surface area contributed by atoms with E-state index in [0.717, 1.165) is 18.4 Å². The molecule has 5 heteroatoms. The second-order valence-corrected chi connectivity index (χ2v) is 5.68. The quantitative estimate of drug-likeness (QED) is 0.782. The average Bonchev–Trinajstić information content (AvgIpc) is 3.22. The Morgan fingerprint density at radius 3 is 2.95 bits per heavy atom. The van der Waals surface area contributed by atoms with Crippen LogP contribution < -0.4 is 4.74 Å². The summed E-state index contributed by atoms with van der Waals surface area (Å²) in [5.74, 6) is 0.968. The summed E-state index contributed by atoms with van der Waals surface area (Å²) >= 11 is 3.22. The number of rotatable bonds is 2. The van der Waals surface area contributed by atoms with Gasteiger partial charge in [0, 0.05) is 12.1 Å². The van der Waals surface area contributed by atoms with E-state index >= 15 is 0 Å². The predicted molar refractivity (Wildman–Crippen MR) is 72.8 cm³/mol. The van der Waals surface area contributed by atoms with Crippen LogP contribution in [-0.2, 0) is 11.3 Å². The van der Waals surface area contributed by atoms with Gasteiger partial charge in [-0.3, -0.25) is 4.79 Å². The number of carbonyl (C=O) groups excluding carboxylic acids is 1. The van der Waals surface area contributed by atoms with Gasteiger partial charge >= 0.3 is 0 Å². The van der Waals surface area contributed by atoms with Gasteiger partial charge in [-0.1, -0.05) is 15.9 Å². The fourth-order valence-electron chi connectivity index (χ4n) is 2.60. The van der Waals surface area contributed by atoms with Gasteiger partial charge in [0.1, 0.15) is 18.2 Å². The topological polar surface area (TPSA) is 29.5 Å². The summed E-state index contributed by atoms with van der Waals surface area (Å²) < 4.78 is 19.1. The molecule has 0 spiro atoms. The van der Waals surface area contributed by atoms with Crippen LogP contribution in [0.1, 0.15) is 18.4 Å². The molecule has 102 valence electrons. The van der Waals surface area contributed by atoms with Crippen LogP contribution >= 0.6 is 15.9 Å². The minimum absolute atomic E-state index is 0.0395. The van der Waals surface area contributed by atoms with Crippen LogP contribution in [0, 0.1) is 11.7 Å². The highest BCUT2D eigenvalue weighted by atomic mass is 79.9. The first-order valence-electron chi connectivity index (χ1n) is 6.45. The third kappa shape index (κ3) is 2.61. The van der Waals surface area contributed by atoms with Crippen LogP contribution in [-0.4, -0.2) is 28.8 Å². The number of hydrogen-bond acceptors (Lipinski definition) is 2. The molecule has 1 aliphatic carbocycles. The van der Waals surface area contributed by atoms with Gasteiger partial charge in [-0.2, -0.15) is 0 Å². The van der Waals surface area contributed by atoms with Gasteiger partial charge in [0.15, 0.2) is 0 Å². The van der Waals surface area contributed by atoms with Crippen molar-refractivity contribution < 1.29 is 13.9 Å². The largest absolute Gasteiger partial charge is 0.491 e. The molecule has 1 amide bonds. The first-order chi connectivity index (χ1) is 9.19. The van der Waals surface area contributed by atoms with Crippen molar-refractivity contribution in [2.45, 2.75) is 25.4 Å². The summed E-state index contributed by atoms with van der Waals surface area (Å²) in [6.45, 7) is 0.931. The van der Waals surface area contributed by atoms with E-state index in [9.17, 15) is 9.18 Å². The Labute approximate surface area is 119 Å². The summed E-state index contributed by atoms with van der Waals surface area (Å²) in [5, 5.41) is 0.293. The second-order valence-electron chi connectivity index (χ2n) is 5.12. The Morgan fingerprint density at radius 1 is 1.47 bits per heavy atom. The van der Waals surface area contributed by atoms with Crippen molar-refractivity contribution in [3.63, 3.8) is 0 Å². The van der Waals surface area contributed by atoms with Crippen molar-refractivity contribution in [3.05, 3.63) is 29.6 Å². The molecule has 1 aromatic carbocycles. The fourth-order valence-corrected chi connectivity index (χ4v) is 2.92. The van der Waals surface area contributed by atoms with E-state index in [4.69, 9.17) is 4.74 Å². The zero-order valence-electron chi connectivity index (χ0n) is 10.4. The van der Waals surface area contributed by atoms with Crippen molar-refractivity contribution in [2.75, 3.05) is 11.9 Å². The van der Waals surface area contributed by atoms with Crippen molar-refractivity contribution in [1.82, 2.24) is 4.90 Å². The Balaban J connectivity index is 1.92. The van der Waals surface area contributed by atoms with E-state index in [-0.39, 0.29) is 17.8 Å². The van der Waals surface area contributed by atoms with E-state index in [0.29, 0.717) is 30.1 Å². The molecular formula is C14H15BrFNO2. The maximum atomic E-state index is 13.3. The number of nitrogens with zero attached hydrogens (tertiary/aromatic N) is 1. The number of halogens is 2. The lowest BCUT2D eigenvalue weighted by Crippen LogP contribution is -2.43. The lowest BCUT2D eigenvalue weighted by atomic mass is 10.1. The highest BCUT2D eigenvalue weighted by Crippen LogP contribution is 2.38. The van der Waals surface area contributed by atoms with Gasteiger partial charge in [-0.25, -0.2) is 4.39 Å². The van der Waals surface area contributed by atoms with Crippen molar-refractivity contribution in [1.29, 1.82) is 0 Å². The normalized spacial score (nSPS) is 22.4. The highest BCUT2D eigenvalue weighted by molar-refractivity contribution is 9.09. The molecule has 0 N–H and O–H groups in total. The SMILES string of the molecule is O=C(CBr)N1Cc2cc(F)ccc2OC[C@H]1C1CC1. The van der Waals surface area contributed by atoms with Crippen molar-refractivity contribution in [3.8, 4) is 5.75 Å². The smallest absolute Gasteiger partial charge is 0.233 e. The number of fused-ring (bicyclic) bond motifs is 1. The summed E-state index contributed by atoms with van der Waals surface area (Å²) in [6, 6.07) is 4.61. The molecule has 1 saturated carbocycles. The van der Waals surface area contributed by atoms with Crippen LogP contribution in [0.15, 0.2) is 18.2 Å². The maximum Gasteiger partial charge on any atom is 0.233 e. The minimum Gasteiger partial charge on any atom is -0.491 e. The lowest BCUT2D eigenvalue weighted by Gasteiger charge is -2.28. The molecule has 1 aliphatic heterocycles. The van der Waals surface area contributed by atoms with Crippen LogP contribution in [0.3, 0.4) is 0 Å². The third-order valence-electron chi connectivity index (χ3n) is 3.77. The summed E-state index contributed by atoms with van der Waals surface area (Å²) in [5.41, 5.74) is 0.748. The molecule has 1 fully saturated rings. The van der Waals surface area contributed by atoms with E-state index < -0.39 is 0 Å². The van der Waals surface area contributed by atoms with E-state index in [2.05, 4.69) is 15.9 Å². The minimum atomic E-state index is -0.293. The highest BCUT2D eigenvalue weighted by Gasteiger charge is 2.39. The first-order valence-corrected chi connectivity index (χ1v) is 7.58. The second kappa shape index (κ2) is 5.12. The van der Waals surface area contributed by atoms with Crippen LogP contribution in [0.25, 0.3) is 0 Å². The molecule has 3 nitrogen and oxygen atoms in total. The van der Waals surface area contributed by atoms with Gasteiger partial charge in [-0.15, -0.1) is 0 Å². The fraction of sp³-hybridized carbons (Fsp3) is 0.500. The predicted octanol–water partition coefficient (Wildman–Crippen LogP) is 2.72. The third-order valence-corrected chi connectivity index (χ3v) is 4.25. The Hall–Kier alpha value is -1.10. The standard InChI is InChI=1S/C14H15BrFNO2/c15-6-14(18)17-7-10-5-11(16)3-4-13(10)19-8-12(17)9-1-2-9/h3-5,9,12H,1-2,6-8H2/t12-/m0/s1. The van der Waals surface area contributed by atoms with E-state index in [1.807, 2.05) is 4.90 Å². The Morgan fingerprint density at radius 2 is 2.26 bits per heavy atom. The summed E-state index contributed by atoms with van der Waals surface area (Å²) in [6.07, 6.45) is 2.29. The van der Waals surface area contributed by atoms with Gasteiger partial charge in [0.05, 0.1) is 11.4 Å².